The van der Waals surface area contributed by atoms with E-state index in [1.807, 2.05) is 51.1 Å². The van der Waals surface area contributed by atoms with E-state index in [-0.39, 0.29) is 5.78 Å². The van der Waals surface area contributed by atoms with Gasteiger partial charge in [-0.05, 0) is 26.3 Å². The van der Waals surface area contributed by atoms with E-state index >= 15 is 0 Å². The SMILES string of the molecule is CC1(C)CC(=O)CC(C)(COCc2ccccc2)N1O. The van der Waals surface area contributed by atoms with Crippen LogP contribution in [0, 0.1) is 0 Å². The Hall–Kier alpha value is -1.23. The van der Waals surface area contributed by atoms with Crippen LogP contribution < -0.4 is 0 Å². The highest BCUT2D eigenvalue weighted by Crippen LogP contribution is 2.35. The largest absolute Gasteiger partial charge is 0.375 e. The summed E-state index contributed by atoms with van der Waals surface area (Å²) in [6, 6.07) is 9.88. The number of carbonyl (C=O) groups is 1. The molecule has 1 N–H and O–H groups in total. The molecule has 1 aliphatic heterocycles. The first-order chi connectivity index (χ1) is 9.33. The van der Waals surface area contributed by atoms with Crippen molar-refractivity contribution in [1.82, 2.24) is 5.06 Å². The molecule has 1 aliphatic rings. The van der Waals surface area contributed by atoms with Crippen LogP contribution in [-0.2, 0) is 16.1 Å². The van der Waals surface area contributed by atoms with Crippen molar-refractivity contribution < 1.29 is 14.7 Å². The standard InChI is InChI=1S/C16H23NO3/c1-15(2)9-14(18)10-16(3,17(15)19)12-20-11-13-7-5-4-6-8-13/h4-8,19H,9-12H2,1-3H3. The summed E-state index contributed by atoms with van der Waals surface area (Å²) in [4.78, 5) is 11.9. The van der Waals surface area contributed by atoms with Gasteiger partial charge in [0.25, 0.3) is 0 Å². The number of hydrogen-bond donors (Lipinski definition) is 1. The first-order valence-corrected chi connectivity index (χ1v) is 6.96. The molecular formula is C16H23NO3. The average Bonchev–Trinajstić information content (AvgIpc) is 2.37. The van der Waals surface area contributed by atoms with Crippen molar-refractivity contribution in [2.75, 3.05) is 6.61 Å². The fourth-order valence-corrected chi connectivity index (χ4v) is 2.93. The van der Waals surface area contributed by atoms with Crippen LogP contribution in [0.15, 0.2) is 30.3 Å². The Kier molecular flexibility index (Phi) is 4.28. The molecule has 1 unspecified atom stereocenters. The number of ether oxygens (including phenoxy) is 1. The molecule has 110 valence electrons. The molecule has 0 spiro atoms. The number of nitrogens with zero attached hydrogens (tertiary/aromatic N) is 1. The van der Waals surface area contributed by atoms with Gasteiger partial charge >= 0.3 is 0 Å². The van der Waals surface area contributed by atoms with Gasteiger partial charge in [-0.1, -0.05) is 30.3 Å². The van der Waals surface area contributed by atoms with Crippen LogP contribution >= 0.6 is 0 Å². The van der Waals surface area contributed by atoms with Crippen LogP contribution in [0.2, 0.25) is 0 Å². The van der Waals surface area contributed by atoms with Gasteiger partial charge in [0.2, 0.25) is 0 Å². The van der Waals surface area contributed by atoms with Gasteiger partial charge in [-0.15, -0.1) is 0 Å². The Morgan fingerprint density at radius 1 is 1.20 bits per heavy atom. The minimum atomic E-state index is -0.659. The van der Waals surface area contributed by atoms with Crippen LogP contribution in [0.1, 0.15) is 39.2 Å². The molecule has 0 aliphatic carbocycles. The zero-order chi connectivity index (χ0) is 14.8. The van der Waals surface area contributed by atoms with Crippen LogP contribution in [0.4, 0.5) is 0 Å². The van der Waals surface area contributed by atoms with Crippen molar-refractivity contribution in [2.45, 2.75) is 51.3 Å². The summed E-state index contributed by atoms with van der Waals surface area (Å²) in [5, 5.41) is 11.7. The van der Waals surface area contributed by atoms with Crippen molar-refractivity contribution in [3.8, 4) is 0 Å². The Morgan fingerprint density at radius 3 is 2.50 bits per heavy atom. The quantitative estimate of drug-likeness (QED) is 0.919. The minimum Gasteiger partial charge on any atom is -0.375 e. The molecular weight excluding hydrogens is 254 g/mol. The highest BCUT2D eigenvalue weighted by atomic mass is 16.5. The molecule has 1 aromatic carbocycles. The highest BCUT2D eigenvalue weighted by molar-refractivity contribution is 5.81. The Bertz CT molecular complexity index is 472. The molecule has 20 heavy (non-hydrogen) atoms. The van der Waals surface area contributed by atoms with Crippen molar-refractivity contribution in [3.05, 3.63) is 35.9 Å². The summed E-state index contributed by atoms with van der Waals surface area (Å²) in [6.45, 7) is 6.43. The molecule has 0 aromatic heterocycles. The number of hydroxylamine groups is 2. The number of carbonyl (C=O) groups excluding carboxylic acids is 1. The highest BCUT2D eigenvalue weighted by Gasteiger charge is 2.47. The van der Waals surface area contributed by atoms with E-state index in [0.29, 0.717) is 26.1 Å². The second-order valence-electron chi connectivity index (χ2n) is 6.49. The summed E-state index contributed by atoms with van der Waals surface area (Å²) in [5.41, 5.74) is -0.115. The molecule has 1 aromatic rings. The van der Waals surface area contributed by atoms with Crippen molar-refractivity contribution in [3.63, 3.8) is 0 Å². The number of piperidine rings is 1. The molecule has 0 bridgehead atoms. The van der Waals surface area contributed by atoms with E-state index in [9.17, 15) is 10.0 Å². The first-order valence-electron chi connectivity index (χ1n) is 6.96. The maximum absolute atomic E-state index is 11.9. The fraction of sp³-hybridized carbons (Fsp3) is 0.562. The van der Waals surface area contributed by atoms with Crippen LogP contribution in [0.25, 0.3) is 0 Å². The lowest BCUT2D eigenvalue weighted by atomic mass is 9.80. The van der Waals surface area contributed by atoms with Gasteiger partial charge in [0.1, 0.15) is 5.78 Å². The van der Waals surface area contributed by atoms with Crippen molar-refractivity contribution >= 4 is 5.78 Å². The Morgan fingerprint density at radius 2 is 1.85 bits per heavy atom. The van der Waals surface area contributed by atoms with Gasteiger partial charge in [0.05, 0.1) is 18.8 Å². The van der Waals surface area contributed by atoms with Crippen LogP contribution in [0.3, 0.4) is 0 Å². The molecule has 0 amide bonds. The van der Waals surface area contributed by atoms with Gasteiger partial charge in [0, 0.05) is 18.4 Å². The lowest BCUT2D eigenvalue weighted by Gasteiger charge is -2.49. The fourth-order valence-electron chi connectivity index (χ4n) is 2.93. The third kappa shape index (κ3) is 3.26. The average molecular weight is 277 g/mol. The molecule has 1 saturated heterocycles. The molecule has 2 rings (SSSR count). The van der Waals surface area contributed by atoms with Crippen LogP contribution in [0.5, 0.6) is 0 Å². The second-order valence-corrected chi connectivity index (χ2v) is 6.49. The molecule has 0 saturated carbocycles. The number of hydrogen-bond acceptors (Lipinski definition) is 4. The molecule has 1 fully saturated rings. The Balaban J connectivity index is 1.98. The van der Waals surface area contributed by atoms with E-state index < -0.39 is 11.1 Å². The first kappa shape index (κ1) is 15.2. The molecule has 4 heteroatoms. The molecule has 4 nitrogen and oxygen atoms in total. The van der Waals surface area contributed by atoms with Gasteiger partial charge in [0.15, 0.2) is 0 Å². The number of Topliss-reactive ketones (excluding diaryl/α,β-unsaturated/α-hetero) is 1. The van der Waals surface area contributed by atoms with Crippen molar-refractivity contribution in [2.24, 2.45) is 0 Å². The predicted octanol–water partition coefficient (Wildman–Crippen LogP) is 2.79. The lowest BCUT2D eigenvalue weighted by Crippen LogP contribution is -2.62. The van der Waals surface area contributed by atoms with Crippen molar-refractivity contribution in [1.29, 1.82) is 0 Å². The normalized spacial score (nSPS) is 26.7. The Labute approximate surface area is 120 Å². The third-order valence-electron chi connectivity index (χ3n) is 3.82. The molecule has 0 radical (unpaired) electrons. The minimum absolute atomic E-state index is 0.172. The predicted molar refractivity (Wildman–Crippen MR) is 76.4 cm³/mol. The van der Waals surface area contributed by atoms with Gasteiger partial charge < -0.3 is 9.94 Å². The van der Waals surface area contributed by atoms with E-state index in [0.717, 1.165) is 5.56 Å². The number of rotatable bonds is 4. The third-order valence-corrected chi connectivity index (χ3v) is 3.82. The number of benzene rings is 1. The summed E-state index contributed by atoms with van der Waals surface area (Å²) in [5.74, 6) is 0.172. The summed E-state index contributed by atoms with van der Waals surface area (Å²) in [6.07, 6.45) is 0.694. The number of ketones is 1. The monoisotopic (exact) mass is 277 g/mol. The maximum atomic E-state index is 11.9. The summed E-state index contributed by atoms with van der Waals surface area (Å²) < 4.78 is 5.72. The van der Waals surface area contributed by atoms with Crippen LogP contribution in [-0.4, -0.2) is 33.7 Å². The van der Waals surface area contributed by atoms with E-state index in [1.165, 1.54) is 5.06 Å². The molecule has 1 atom stereocenters. The topological polar surface area (TPSA) is 49.8 Å². The zero-order valence-electron chi connectivity index (χ0n) is 12.4. The second kappa shape index (κ2) is 5.64. The van der Waals surface area contributed by atoms with Gasteiger partial charge in [-0.25, -0.2) is 0 Å². The van der Waals surface area contributed by atoms with Gasteiger partial charge in [-0.3, -0.25) is 4.79 Å². The zero-order valence-corrected chi connectivity index (χ0v) is 12.4. The molecule has 1 heterocycles. The smallest absolute Gasteiger partial charge is 0.136 e. The summed E-state index contributed by atoms with van der Waals surface area (Å²) >= 11 is 0. The summed E-state index contributed by atoms with van der Waals surface area (Å²) in [7, 11) is 0. The van der Waals surface area contributed by atoms with E-state index in [2.05, 4.69) is 0 Å². The lowest BCUT2D eigenvalue weighted by molar-refractivity contribution is -0.254. The van der Waals surface area contributed by atoms with Gasteiger partial charge in [-0.2, -0.15) is 5.06 Å². The van der Waals surface area contributed by atoms with E-state index in [4.69, 9.17) is 4.74 Å². The maximum Gasteiger partial charge on any atom is 0.136 e. The van der Waals surface area contributed by atoms with E-state index in [1.54, 1.807) is 0 Å².